The van der Waals surface area contributed by atoms with Crippen molar-refractivity contribution in [2.45, 2.75) is 56.1 Å². The van der Waals surface area contributed by atoms with Crippen molar-refractivity contribution in [2.75, 3.05) is 14.1 Å². The van der Waals surface area contributed by atoms with Gasteiger partial charge in [-0.15, -0.1) is 0 Å². The Morgan fingerprint density at radius 2 is 1.58 bits per heavy atom. The Balaban J connectivity index is 1.65. The topological polar surface area (TPSA) is 23.5 Å². The second-order valence-corrected chi connectivity index (χ2v) is 8.14. The van der Waals surface area contributed by atoms with Crippen LogP contribution in [0.25, 0.3) is 0 Å². The van der Waals surface area contributed by atoms with Crippen LogP contribution in [0.4, 0.5) is 4.39 Å². The normalized spacial score (nSPS) is 26.2. The van der Waals surface area contributed by atoms with E-state index in [9.17, 15) is 9.50 Å². The van der Waals surface area contributed by atoms with E-state index >= 15 is 0 Å². The van der Waals surface area contributed by atoms with Crippen LogP contribution in [0.2, 0.25) is 0 Å². The standard InChI is InChI=1S/C23H30FNO/c1-25(2)22(18-20-9-6-10-21(24)17-20)13-15-23(26,16-14-22)12-11-19-7-4-3-5-8-19/h3-10,17,26H,11-16,18H2,1-2H3. The number of likely N-dealkylation sites (N-methyl/N-ethyl adjacent to an activating group) is 1. The largest absolute Gasteiger partial charge is 0.390 e. The molecule has 0 radical (unpaired) electrons. The summed E-state index contributed by atoms with van der Waals surface area (Å²) in [5.41, 5.74) is 1.72. The van der Waals surface area contributed by atoms with E-state index < -0.39 is 5.60 Å². The minimum absolute atomic E-state index is 0.00717. The molecule has 3 rings (SSSR count). The monoisotopic (exact) mass is 355 g/mol. The Kier molecular flexibility index (Phi) is 5.79. The van der Waals surface area contributed by atoms with Gasteiger partial charge < -0.3 is 10.0 Å². The zero-order valence-electron chi connectivity index (χ0n) is 15.9. The van der Waals surface area contributed by atoms with E-state index in [2.05, 4.69) is 43.3 Å². The first-order valence-corrected chi connectivity index (χ1v) is 9.59. The van der Waals surface area contributed by atoms with Gasteiger partial charge in [-0.05, 0) is 82.3 Å². The van der Waals surface area contributed by atoms with E-state index in [4.69, 9.17) is 0 Å². The lowest BCUT2D eigenvalue weighted by atomic mass is 9.69. The Bertz CT molecular complexity index is 705. The fraction of sp³-hybridized carbons (Fsp3) is 0.478. The molecule has 2 nitrogen and oxygen atoms in total. The predicted octanol–water partition coefficient (Wildman–Crippen LogP) is 4.61. The molecule has 1 saturated carbocycles. The third-order valence-corrected chi connectivity index (χ3v) is 6.20. The van der Waals surface area contributed by atoms with E-state index in [-0.39, 0.29) is 11.4 Å². The molecule has 0 amide bonds. The molecular weight excluding hydrogens is 325 g/mol. The van der Waals surface area contributed by atoms with Crippen LogP contribution in [-0.4, -0.2) is 35.2 Å². The molecule has 3 heteroatoms. The van der Waals surface area contributed by atoms with Crippen LogP contribution in [-0.2, 0) is 12.8 Å². The molecule has 0 aromatic heterocycles. The average molecular weight is 355 g/mol. The average Bonchev–Trinajstić information content (AvgIpc) is 2.63. The van der Waals surface area contributed by atoms with E-state index in [0.717, 1.165) is 50.5 Å². The maximum Gasteiger partial charge on any atom is 0.123 e. The van der Waals surface area contributed by atoms with Crippen LogP contribution in [0, 0.1) is 5.82 Å². The lowest BCUT2D eigenvalue weighted by Crippen LogP contribution is -2.52. The zero-order chi connectivity index (χ0) is 18.6. The summed E-state index contributed by atoms with van der Waals surface area (Å²) in [7, 11) is 4.21. The number of hydrogen-bond donors (Lipinski definition) is 1. The van der Waals surface area contributed by atoms with Crippen molar-refractivity contribution in [3.05, 3.63) is 71.5 Å². The van der Waals surface area contributed by atoms with Gasteiger partial charge in [-0.2, -0.15) is 0 Å². The molecule has 1 aliphatic rings. The first-order valence-electron chi connectivity index (χ1n) is 9.59. The maximum absolute atomic E-state index is 13.6. The summed E-state index contributed by atoms with van der Waals surface area (Å²) in [5.74, 6) is -0.174. The summed E-state index contributed by atoms with van der Waals surface area (Å²) in [6, 6.07) is 17.3. The van der Waals surface area contributed by atoms with Crippen LogP contribution < -0.4 is 0 Å². The molecule has 0 heterocycles. The molecule has 0 unspecified atom stereocenters. The van der Waals surface area contributed by atoms with Gasteiger partial charge in [0.2, 0.25) is 0 Å². The Labute approximate surface area is 156 Å². The van der Waals surface area contributed by atoms with Crippen molar-refractivity contribution >= 4 is 0 Å². The van der Waals surface area contributed by atoms with Gasteiger partial charge in [0.25, 0.3) is 0 Å². The molecule has 1 N–H and O–H groups in total. The molecule has 0 atom stereocenters. The number of aryl methyl sites for hydroxylation is 1. The second-order valence-electron chi connectivity index (χ2n) is 8.14. The quantitative estimate of drug-likeness (QED) is 0.818. The van der Waals surface area contributed by atoms with Crippen molar-refractivity contribution in [3.8, 4) is 0 Å². The first-order chi connectivity index (χ1) is 12.4. The Hall–Kier alpha value is -1.71. The Morgan fingerprint density at radius 1 is 0.923 bits per heavy atom. The van der Waals surface area contributed by atoms with Gasteiger partial charge in [-0.3, -0.25) is 0 Å². The second kappa shape index (κ2) is 7.89. The van der Waals surface area contributed by atoms with Gasteiger partial charge >= 0.3 is 0 Å². The van der Waals surface area contributed by atoms with E-state index in [1.165, 1.54) is 11.6 Å². The highest BCUT2D eigenvalue weighted by atomic mass is 19.1. The molecule has 0 bridgehead atoms. The molecular formula is C23H30FNO. The third-order valence-electron chi connectivity index (χ3n) is 6.20. The molecule has 0 spiro atoms. The number of halogens is 1. The van der Waals surface area contributed by atoms with Crippen molar-refractivity contribution in [1.82, 2.24) is 4.90 Å². The highest BCUT2D eigenvalue weighted by molar-refractivity contribution is 5.20. The zero-order valence-corrected chi connectivity index (χ0v) is 15.9. The number of nitrogens with zero attached hydrogens (tertiary/aromatic N) is 1. The molecule has 26 heavy (non-hydrogen) atoms. The molecule has 0 aliphatic heterocycles. The number of rotatable bonds is 6. The molecule has 1 aliphatic carbocycles. The van der Waals surface area contributed by atoms with Crippen molar-refractivity contribution < 1.29 is 9.50 Å². The summed E-state index contributed by atoms with van der Waals surface area (Å²) >= 11 is 0. The van der Waals surface area contributed by atoms with Crippen LogP contribution in [0.15, 0.2) is 54.6 Å². The van der Waals surface area contributed by atoms with E-state index in [1.54, 1.807) is 12.1 Å². The van der Waals surface area contributed by atoms with Gasteiger partial charge in [0.05, 0.1) is 5.60 Å². The smallest absolute Gasteiger partial charge is 0.123 e. The number of benzene rings is 2. The van der Waals surface area contributed by atoms with Crippen LogP contribution in [0.1, 0.15) is 43.2 Å². The lowest BCUT2D eigenvalue weighted by Gasteiger charge is -2.48. The number of aliphatic hydroxyl groups is 1. The van der Waals surface area contributed by atoms with Crippen LogP contribution in [0.5, 0.6) is 0 Å². The maximum atomic E-state index is 13.6. The van der Waals surface area contributed by atoms with Crippen molar-refractivity contribution in [1.29, 1.82) is 0 Å². The summed E-state index contributed by atoms with van der Waals surface area (Å²) in [4.78, 5) is 2.27. The fourth-order valence-electron chi connectivity index (χ4n) is 4.26. The minimum Gasteiger partial charge on any atom is -0.390 e. The van der Waals surface area contributed by atoms with Crippen LogP contribution in [0.3, 0.4) is 0 Å². The fourth-order valence-corrected chi connectivity index (χ4v) is 4.26. The molecule has 1 fully saturated rings. The molecule has 0 saturated heterocycles. The highest BCUT2D eigenvalue weighted by Crippen LogP contribution is 2.41. The molecule has 140 valence electrons. The van der Waals surface area contributed by atoms with Gasteiger partial charge in [0, 0.05) is 5.54 Å². The molecule has 2 aromatic rings. The lowest BCUT2D eigenvalue weighted by molar-refractivity contribution is -0.0490. The van der Waals surface area contributed by atoms with Crippen molar-refractivity contribution in [3.63, 3.8) is 0 Å². The van der Waals surface area contributed by atoms with Gasteiger partial charge in [0.15, 0.2) is 0 Å². The third kappa shape index (κ3) is 4.52. The summed E-state index contributed by atoms with van der Waals surface area (Å²) in [5, 5.41) is 11.1. The number of hydrogen-bond acceptors (Lipinski definition) is 2. The SMILES string of the molecule is CN(C)C1(Cc2cccc(F)c2)CCC(O)(CCc2ccccc2)CC1. The summed E-state index contributed by atoms with van der Waals surface area (Å²) in [6.45, 7) is 0. The van der Waals surface area contributed by atoms with E-state index in [0.29, 0.717) is 0 Å². The van der Waals surface area contributed by atoms with E-state index in [1.807, 2.05) is 12.1 Å². The minimum atomic E-state index is -0.586. The summed E-state index contributed by atoms with van der Waals surface area (Å²) in [6.07, 6.45) is 6.01. The summed E-state index contributed by atoms with van der Waals surface area (Å²) < 4.78 is 13.6. The Morgan fingerprint density at radius 3 is 2.19 bits per heavy atom. The highest BCUT2D eigenvalue weighted by Gasteiger charge is 2.42. The molecule has 2 aromatic carbocycles. The van der Waals surface area contributed by atoms with Gasteiger partial charge in [0.1, 0.15) is 5.82 Å². The van der Waals surface area contributed by atoms with Gasteiger partial charge in [-0.25, -0.2) is 4.39 Å². The van der Waals surface area contributed by atoms with Crippen LogP contribution >= 0.6 is 0 Å². The first kappa shape index (κ1) is 19.1. The van der Waals surface area contributed by atoms with Crippen molar-refractivity contribution in [2.24, 2.45) is 0 Å². The predicted molar refractivity (Wildman–Crippen MR) is 105 cm³/mol. The van der Waals surface area contributed by atoms with Gasteiger partial charge in [-0.1, -0.05) is 42.5 Å².